The van der Waals surface area contributed by atoms with Gasteiger partial charge in [-0.1, -0.05) is 6.07 Å². The van der Waals surface area contributed by atoms with Crippen LogP contribution in [-0.2, 0) is 24.3 Å². The molecule has 140 valence electrons. The van der Waals surface area contributed by atoms with Crippen LogP contribution in [0.4, 0.5) is 0 Å². The van der Waals surface area contributed by atoms with Gasteiger partial charge in [0.25, 0.3) is 10.0 Å². The number of carbonyl (C=O) groups is 2. The van der Waals surface area contributed by atoms with Gasteiger partial charge in [-0.05, 0) is 25.5 Å². The van der Waals surface area contributed by atoms with Gasteiger partial charge in [-0.15, -0.1) is 11.3 Å². The maximum absolute atomic E-state index is 12.5. The summed E-state index contributed by atoms with van der Waals surface area (Å²) >= 11 is 1.12. The van der Waals surface area contributed by atoms with E-state index in [1.54, 1.807) is 11.4 Å². The number of rotatable bonds is 7. The summed E-state index contributed by atoms with van der Waals surface area (Å²) in [4.78, 5) is 25.4. The summed E-state index contributed by atoms with van der Waals surface area (Å²) in [6.45, 7) is 1.30. The van der Waals surface area contributed by atoms with Gasteiger partial charge in [-0.2, -0.15) is 4.31 Å². The van der Waals surface area contributed by atoms with Gasteiger partial charge in [-0.25, -0.2) is 8.42 Å². The molecule has 1 aromatic heterocycles. The average molecular weight is 390 g/mol. The van der Waals surface area contributed by atoms with Crippen molar-refractivity contribution < 1.29 is 22.7 Å². The lowest BCUT2D eigenvalue weighted by Crippen LogP contribution is -2.48. The molecule has 0 bridgehead atoms. The molecule has 1 saturated heterocycles. The van der Waals surface area contributed by atoms with Gasteiger partial charge in [0, 0.05) is 19.6 Å². The highest BCUT2D eigenvalue weighted by molar-refractivity contribution is 7.91. The fourth-order valence-corrected chi connectivity index (χ4v) is 4.83. The Morgan fingerprint density at radius 1 is 1.36 bits per heavy atom. The van der Waals surface area contributed by atoms with Crippen LogP contribution in [0.3, 0.4) is 0 Å². The number of carbonyl (C=O) groups excluding carboxylic acids is 2. The summed E-state index contributed by atoms with van der Waals surface area (Å²) in [6, 6.07) is 3.18. The quantitative estimate of drug-likeness (QED) is 0.572. The number of amides is 2. The van der Waals surface area contributed by atoms with Crippen molar-refractivity contribution in [1.29, 1.82) is 0 Å². The molecule has 2 amide bonds. The maximum Gasteiger partial charge on any atom is 0.309 e. The Hall–Kier alpha value is -1.53. The highest BCUT2D eigenvalue weighted by Crippen LogP contribution is 2.25. The topological polar surface area (TPSA) is 108 Å². The number of hydrogen-bond donors (Lipinski definition) is 2. The smallest absolute Gasteiger partial charge is 0.309 e. The first-order chi connectivity index (χ1) is 11.8. The predicted molar refractivity (Wildman–Crippen MR) is 92.5 cm³/mol. The molecule has 9 nitrogen and oxygen atoms in total. The van der Waals surface area contributed by atoms with Gasteiger partial charge in [0.1, 0.15) is 10.4 Å². The molecule has 2 rings (SSSR count). The zero-order valence-electron chi connectivity index (χ0n) is 14.1. The summed E-state index contributed by atoms with van der Waals surface area (Å²) < 4.78 is 31.9. The van der Waals surface area contributed by atoms with E-state index in [1.807, 2.05) is 19.0 Å². The fourth-order valence-electron chi connectivity index (χ4n) is 2.20. The molecule has 0 aromatic carbocycles. The molecule has 25 heavy (non-hydrogen) atoms. The van der Waals surface area contributed by atoms with E-state index in [0.29, 0.717) is 13.1 Å². The lowest BCUT2D eigenvalue weighted by molar-refractivity contribution is -0.139. The Bertz CT molecular complexity index is 690. The van der Waals surface area contributed by atoms with Crippen molar-refractivity contribution in [3.05, 3.63) is 17.5 Å². The van der Waals surface area contributed by atoms with Crippen molar-refractivity contribution in [2.24, 2.45) is 0 Å². The van der Waals surface area contributed by atoms with Crippen LogP contribution < -0.4 is 10.6 Å². The summed E-state index contributed by atoms with van der Waals surface area (Å²) in [6.07, 6.45) is -0.828. The monoisotopic (exact) mass is 390 g/mol. The van der Waals surface area contributed by atoms with Crippen LogP contribution in [-0.4, -0.2) is 82.5 Å². The Kier molecular flexibility index (Phi) is 6.90. The van der Waals surface area contributed by atoms with Crippen LogP contribution in [0.5, 0.6) is 0 Å². The van der Waals surface area contributed by atoms with E-state index in [1.165, 1.54) is 10.4 Å². The standard InChI is InChI=1S/C14H22N4O5S2/c1-17(2)6-5-15-13(19)14(20)16-10-11-18(7-8-23-11)25(21,22)12-4-3-9-24-12/h3-4,9,11H,5-8,10H2,1-2H3,(H,15,19)(H,16,20)/t11-/m0/s1. The molecule has 0 saturated carbocycles. The number of likely N-dealkylation sites (N-methyl/N-ethyl adjacent to an activating group) is 1. The van der Waals surface area contributed by atoms with Crippen molar-refractivity contribution >= 4 is 33.2 Å². The van der Waals surface area contributed by atoms with Gasteiger partial charge < -0.3 is 20.3 Å². The second-order valence-corrected chi connectivity index (χ2v) is 8.71. The highest BCUT2D eigenvalue weighted by atomic mass is 32.2. The Balaban J connectivity index is 1.87. The first-order valence-electron chi connectivity index (χ1n) is 7.70. The molecule has 2 N–H and O–H groups in total. The van der Waals surface area contributed by atoms with Crippen molar-refractivity contribution in [2.45, 2.75) is 10.4 Å². The minimum Gasteiger partial charge on any atom is -0.359 e. The minimum atomic E-state index is -3.67. The van der Waals surface area contributed by atoms with Crippen LogP contribution in [0.2, 0.25) is 0 Å². The lowest BCUT2D eigenvalue weighted by Gasteiger charge is -2.22. The zero-order chi connectivity index (χ0) is 18.4. The van der Waals surface area contributed by atoms with E-state index >= 15 is 0 Å². The van der Waals surface area contributed by atoms with Crippen LogP contribution in [0, 0.1) is 0 Å². The van der Waals surface area contributed by atoms with E-state index in [2.05, 4.69) is 10.6 Å². The van der Waals surface area contributed by atoms with Gasteiger partial charge in [0.05, 0.1) is 13.2 Å². The molecular weight excluding hydrogens is 368 g/mol. The van der Waals surface area contributed by atoms with E-state index in [-0.39, 0.29) is 23.9 Å². The van der Waals surface area contributed by atoms with E-state index in [0.717, 1.165) is 11.3 Å². The number of thiophene rings is 1. The molecule has 1 aromatic rings. The largest absolute Gasteiger partial charge is 0.359 e. The van der Waals surface area contributed by atoms with E-state index < -0.39 is 28.1 Å². The molecule has 0 unspecified atom stereocenters. The van der Waals surface area contributed by atoms with Crippen molar-refractivity contribution in [3.63, 3.8) is 0 Å². The van der Waals surface area contributed by atoms with Crippen LogP contribution in [0.15, 0.2) is 21.7 Å². The molecule has 1 aliphatic heterocycles. The van der Waals surface area contributed by atoms with Gasteiger partial charge in [-0.3, -0.25) is 9.59 Å². The average Bonchev–Trinajstić information content (AvgIpc) is 3.23. The zero-order valence-corrected chi connectivity index (χ0v) is 15.7. The van der Waals surface area contributed by atoms with Gasteiger partial charge in [0.2, 0.25) is 0 Å². The van der Waals surface area contributed by atoms with Crippen molar-refractivity contribution in [1.82, 2.24) is 19.8 Å². The third-order valence-corrected chi connectivity index (χ3v) is 6.75. The number of hydrogen-bond acceptors (Lipinski definition) is 7. The van der Waals surface area contributed by atoms with Gasteiger partial charge >= 0.3 is 11.8 Å². The third kappa shape index (κ3) is 5.22. The Morgan fingerprint density at radius 3 is 2.72 bits per heavy atom. The molecule has 0 aliphatic carbocycles. The van der Waals surface area contributed by atoms with Crippen LogP contribution >= 0.6 is 11.3 Å². The number of nitrogens with one attached hydrogen (secondary N) is 2. The fraction of sp³-hybridized carbons (Fsp3) is 0.571. The third-order valence-electron chi connectivity index (χ3n) is 3.49. The van der Waals surface area contributed by atoms with E-state index in [9.17, 15) is 18.0 Å². The van der Waals surface area contributed by atoms with Crippen molar-refractivity contribution in [3.8, 4) is 0 Å². The van der Waals surface area contributed by atoms with Crippen LogP contribution in [0.25, 0.3) is 0 Å². The summed E-state index contributed by atoms with van der Waals surface area (Å²) in [5.74, 6) is -1.57. The normalized spacial score (nSPS) is 18.4. The Labute approximate surface area is 151 Å². The molecule has 1 atom stereocenters. The first kappa shape index (κ1) is 19.8. The number of sulfonamides is 1. The molecule has 1 aliphatic rings. The predicted octanol–water partition coefficient (Wildman–Crippen LogP) is -1.11. The summed E-state index contributed by atoms with van der Waals surface area (Å²) in [7, 11) is 0.0400. The van der Waals surface area contributed by atoms with Crippen LogP contribution in [0.1, 0.15) is 0 Å². The second-order valence-electron chi connectivity index (χ2n) is 5.64. The van der Waals surface area contributed by atoms with Gasteiger partial charge in [0.15, 0.2) is 0 Å². The number of ether oxygens (including phenoxy) is 1. The van der Waals surface area contributed by atoms with E-state index in [4.69, 9.17) is 4.74 Å². The summed E-state index contributed by atoms with van der Waals surface area (Å²) in [5.41, 5.74) is 0. The molecule has 2 heterocycles. The molecular formula is C14H22N4O5S2. The second kappa shape index (κ2) is 8.72. The SMILES string of the molecule is CN(C)CCNC(=O)C(=O)NC[C@@H]1OCCN1S(=O)(=O)c1cccs1. The first-order valence-corrected chi connectivity index (χ1v) is 10.0. The number of nitrogens with zero attached hydrogens (tertiary/aromatic N) is 2. The molecule has 11 heteroatoms. The van der Waals surface area contributed by atoms with Crippen molar-refractivity contribution in [2.75, 3.05) is 46.9 Å². The molecule has 0 radical (unpaired) electrons. The molecule has 0 spiro atoms. The summed E-state index contributed by atoms with van der Waals surface area (Å²) in [5, 5.41) is 6.59. The maximum atomic E-state index is 12.5. The minimum absolute atomic E-state index is 0.0927. The molecule has 1 fully saturated rings. The Morgan fingerprint density at radius 2 is 2.08 bits per heavy atom. The highest BCUT2D eigenvalue weighted by Gasteiger charge is 2.37. The lowest BCUT2D eigenvalue weighted by atomic mass is 10.4.